The fourth-order valence-electron chi connectivity index (χ4n) is 2.95. The normalized spacial score (nSPS) is 10.4. The Morgan fingerprint density at radius 3 is 2.08 bits per heavy atom. The van der Waals surface area contributed by atoms with Crippen molar-refractivity contribution in [2.75, 3.05) is 33.2 Å². The fourth-order valence-corrected chi connectivity index (χ4v) is 3.09. The van der Waals surface area contributed by atoms with Crippen LogP contribution in [0.5, 0.6) is 0 Å². The van der Waals surface area contributed by atoms with Gasteiger partial charge in [-0.1, -0.05) is 43.4 Å². The molecule has 0 atom stereocenters. The highest BCUT2D eigenvalue weighted by atomic mass is 32.1. The molecule has 0 fully saturated rings. The van der Waals surface area contributed by atoms with Gasteiger partial charge in [0, 0.05) is 18.0 Å². The molecule has 0 bridgehead atoms. The minimum atomic E-state index is 1.06. The molecular formula is C22H38N3S+. The average molecular weight is 377 g/mol. The number of benzene rings is 1. The number of quaternary nitrogens is 1. The lowest BCUT2D eigenvalue weighted by molar-refractivity contribution is -0.923. The van der Waals surface area contributed by atoms with Gasteiger partial charge in [-0.3, -0.25) is 4.98 Å². The zero-order valence-corrected chi connectivity index (χ0v) is 18.2. The van der Waals surface area contributed by atoms with E-state index in [9.17, 15) is 0 Å². The van der Waals surface area contributed by atoms with Crippen molar-refractivity contribution in [1.29, 1.82) is 0 Å². The van der Waals surface area contributed by atoms with Crippen molar-refractivity contribution in [2.24, 2.45) is 5.73 Å². The summed E-state index contributed by atoms with van der Waals surface area (Å²) < 4.78 is 1.26. The van der Waals surface area contributed by atoms with Crippen LogP contribution in [-0.2, 0) is 0 Å². The molecule has 0 aliphatic heterocycles. The number of fused-ring (bicyclic) bond motifs is 1. The van der Waals surface area contributed by atoms with E-state index in [-0.39, 0.29) is 0 Å². The Kier molecular flexibility index (Phi) is 14.0. The summed E-state index contributed by atoms with van der Waals surface area (Å²) in [5, 5.41) is 1.20. The molecule has 146 valence electrons. The molecule has 2 rings (SSSR count). The lowest BCUT2D eigenvalue weighted by atomic mass is 10.1. The second-order valence-electron chi connectivity index (χ2n) is 6.21. The van der Waals surface area contributed by atoms with Crippen LogP contribution in [0.4, 0.5) is 0 Å². The van der Waals surface area contributed by atoms with Gasteiger partial charge < -0.3 is 10.2 Å². The van der Waals surface area contributed by atoms with E-state index in [2.05, 4.69) is 50.5 Å². The molecule has 1 aromatic heterocycles. The topological polar surface area (TPSA) is 38.9 Å². The van der Waals surface area contributed by atoms with Gasteiger partial charge in [-0.05, 0) is 57.7 Å². The first-order valence-corrected chi connectivity index (χ1v) is 10.3. The number of hydrogen-bond acceptors (Lipinski definition) is 3. The first kappa shape index (κ1) is 24.6. The Morgan fingerprint density at radius 1 is 0.962 bits per heavy atom. The minimum Gasteiger partial charge on any atom is -0.333 e. The Bertz CT molecular complexity index is 535. The van der Waals surface area contributed by atoms with Crippen LogP contribution in [0.3, 0.4) is 0 Å². The van der Waals surface area contributed by atoms with Gasteiger partial charge in [-0.25, -0.2) is 0 Å². The highest BCUT2D eigenvalue weighted by Crippen LogP contribution is 2.10. The number of nitrogens with two attached hydrogens (primary N) is 1. The second-order valence-corrected chi connectivity index (χ2v) is 6.78. The van der Waals surface area contributed by atoms with Crippen LogP contribution >= 0.6 is 12.2 Å². The zero-order chi connectivity index (χ0) is 19.8. The number of rotatable bonds is 8. The predicted molar refractivity (Wildman–Crippen MR) is 121 cm³/mol. The summed E-state index contributed by atoms with van der Waals surface area (Å²) in [7, 11) is 1.50. The van der Waals surface area contributed by atoms with Gasteiger partial charge in [-0.15, -0.1) is 0 Å². The first-order chi connectivity index (χ1) is 12.6. The van der Waals surface area contributed by atoms with Gasteiger partial charge in [0.05, 0.1) is 31.7 Å². The van der Waals surface area contributed by atoms with Gasteiger partial charge >= 0.3 is 0 Å². The fraction of sp³-hybridized carbons (Fsp3) is 0.545. The third-order valence-corrected chi connectivity index (χ3v) is 5.50. The standard InChI is InChI=1S/C12H26NS.C9H7N.CH5N/c1-5-12(14)10-9-11-13(6-2,7-3)8-4;1-2-6-9-8(4-1)5-3-7-10-9;1-2/h5-11H2,1-4H3;1-7H;2H2,1H3/q+1;;. The molecule has 0 radical (unpaired) electrons. The molecule has 0 spiro atoms. The van der Waals surface area contributed by atoms with Crippen molar-refractivity contribution >= 4 is 28.0 Å². The Morgan fingerprint density at radius 2 is 1.54 bits per heavy atom. The number of aromatic nitrogens is 1. The molecule has 0 aliphatic rings. The van der Waals surface area contributed by atoms with Crippen LogP contribution in [0.2, 0.25) is 0 Å². The van der Waals surface area contributed by atoms with Gasteiger partial charge in [-0.2, -0.15) is 0 Å². The first-order valence-electron chi connectivity index (χ1n) is 9.85. The summed E-state index contributed by atoms with van der Waals surface area (Å²) in [6.07, 6.45) is 5.29. The maximum absolute atomic E-state index is 5.25. The zero-order valence-electron chi connectivity index (χ0n) is 17.4. The molecule has 4 heteroatoms. The SMILES string of the molecule is CCC(=S)CCC[N+](CC)(CC)CC.CN.c1ccc2ncccc2c1. The third-order valence-electron chi connectivity index (χ3n) is 5.01. The van der Waals surface area contributed by atoms with E-state index in [0.29, 0.717) is 0 Å². The quantitative estimate of drug-likeness (QED) is 0.506. The van der Waals surface area contributed by atoms with Crippen molar-refractivity contribution in [3.63, 3.8) is 0 Å². The van der Waals surface area contributed by atoms with Crippen molar-refractivity contribution < 1.29 is 4.48 Å². The summed E-state index contributed by atoms with van der Waals surface area (Å²) in [5.74, 6) is 0. The Labute approximate surface area is 166 Å². The van der Waals surface area contributed by atoms with Gasteiger partial charge in [0.15, 0.2) is 0 Å². The number of hydrogen-bond donors (Lipinski definition) is 1. The molecule has 1 heterocycles. The smallest absolute Gasteiger partial charge is 0.0789 e. The predicted octanol–water partition coefficient (Wildman–Crippen LogP) is 5.23. The van der Waals surface area contributed by atoms with Crippen LogP contribution in [0, 0.1) is 0 Å². The molecule has 0 amide bonds. The summed E-state index contributed by atoms with van der Waals surface area (Å²) in [6, 6.07) is 12.1. The molecular weight excluding hydrogens is 338 g/mol. The lowest BCUT2D eigenvalue weighted by Gasteiger charge is -2.35. The van der Waals surface area contributed by atoms with E-state index in [1.165, 1.54) is 54.4 Å². The highest BCUT2D eigenvalue weighted by Gasteiger charge is 2.19. The van der Waals surface area contributed by atoms with Crippen molar-refractivity contribution in [3.05, 3.63) is 42.6 Å². The lowest BCUT2D eigenvalue weighted by Crippen LogP contribution is -2.48. The van der Waals surface area contributed by atoms with E-state index >= 15 is 0 Å². The van der Waals surface area contributed by atoms with Crippen LogP contribution in [-0.4, -0.2) is 47.6 Å². The van der Waals surface area contributed by atoms with E-state index in [0.717, 1.165) is 18.4 Å². The molecule has 0 unspecified atom stereocenters. The second kappa shape index (κ2) is 14.8. The van der Waals surface area contributed by atoms with Gasteiger partial charge in [0.1, 0.15) is 0 Å². The van der Waals surface area contributed by atoms with E-state index < -0.39 is 0 Å². The van der Waals surface area contributed by atoms with Crippen molar-refractivity contribution in [1.82, 2.24) is 4.98 Å². The number of nitrogens with zero attached hydrogens (tertiary/aromatic N) is 2. The molecule has 2 N–H and O–H groups in total. The third kappa shape index (κ3) is 8.84. The molecule has 26 heavy (non-hydrogen) atoms. The molecule has 0 aliphatic carbocycles. The summed E-state index contributed by atoms with van der Waals surface area (Å²) in [5.41, 5.74) is 5.56. The largest absolute Gasteiger partial charge is 0.333 e. The highest BCUT2D eigenvalue weighted by molar-refractivity contribution is 7.80. The molecule has 3 nitrogen and oxygen atoms in total. The summed E-state index contributed by atoms with van der Waals surface area (Å²) in [4.78, 5) is 5.42. The van der Waals surface area contributed by atoms with Crippen LogP contribution in [0.25, 0.3) is 10.9 Å². The minimum absolute atomic E-state index is 1.06. The molecule has 2 aromatic rings. The molecule has 0 saturated heterocycles. The summed E-state index contributed by atoms with van der Waals surface area (Å²) >= 11 is 5.25. The van der Waals surface area contributed by atoms with E-state index in [1.807, 2.05) is 30.5 Å². The van der Waals surface area contributed by atoms with Crippen molar-refractivity contribution in [2.45, 2.75) is 47.0 Å². The maximum atomic E-state index is 5.25. The van der Waals surface area contributed by atoms with Crippen LogP contribution in [0.15, 0.2) is 42.6 Å². The number of pyridine rings is 1. The molecule has 1 aromatic carbocycles. The van der Waals surface area contributed by atoms with E-state index in [1.54, 1.807) is 0 Å². The number of para-hydroxylation sites is 1. The molecule has 0 saturated carbocycles. The Balaban J connectivity index is 0.000000453. The Hall–Kier alpha value is -1.36. The van der Waals surface area contributed by atoms with Crippen LogP contribution in [0.1, 0.15) is 47.0 Å². The average Bonchev–Trinajstić information content (AvgIpc) is 2.73. The summed E-state index contributed by atoms with van der Waals surface area (Å²) in [6.45, 7) is 14.1. The van der Waals surface area contributed by atoms with E-state index in [4.69, 9.17) is 12.2 Å². The monoisotopic (exact) mass is 376 g/mol. The maximum Gasteiger partial charge on any atom is 0.0789 e. The number of thiocarbonyl (C=S) groups is 1. The van der Waals surface area contributed by atoms with Gasteiger partial charge in [0.25, 0.3) is 0 Å². The van der Waals surface area contributed by atoms with Crippen molar-refractivity contribution in [3.8, 4) is 0 Å². The van der Waals surface area contributed by atoms with Crippen LogP contribution < -0.4 is 5.73 Å². The van der Waals surface area contributed by atoms with Gasteiger partial charge in [0.2, 0.25) is 0 Å².